The Morgan fingerprint density at radius 1 is 1.29 bits per heavy atom. The largest absolute Gasteiger partial charge is 0.329 e. The van der Waals surface area contributed by atoms with Crippen LogP contribution in [0.3, 0.4) is 0 Å². The third kappa shape index (κ3) is 2.15. The first-order valence-electron chi connectivity index (χ1n) is 7.51. The first-order valence-corrected chi connectivity index (χ1v) is 7.51. The van der Waals surface area contributed by atoms with Crippen molar-refractivity contribution in [2.24, 2.45) is 17.1 Å². The first kappa shape index (κ1) is 13.4. The van der Waals surface area contributed by atoms with Crippen molar-refractivity contribution in [2.45, 2.75) is 64.8 Å². The van der Waals surface area contributed by atoms with Gasteiger partial charge >= 0.3 is 0 Å². The molecule has 17 heavy (non-hydrogen) atoms. The van der Waals surface area contributed by atoms with E-state index in [0.717, 1.165) is 12.5 Å². The summed E-state index contributed by atoms with van der Waals surface area (Å²) in [5.41, 5.74) is 6.91. The average molecular weight is 238 g/mol. The molecule has 0 bridgehead atoms. The first-order chi connectivity index (χ1) is 8.05. The van der Waals surface area contributed by atoms with Gasteiger partial charge in [-0.1, -0.05) is 33.6 Å². The second kappa shape index (κ2) is 4.89. The standard InChI is InChI=1S/C15H30N2/c1-4-6-13-7-10-17(11-13)15(12-16)9-5-8-14(15,2)3/h13H,4-12,16H2,1-3H3. The lowest BCUT2D eigenvalue weighted by molar-refractivity contribution is 0.0285. The Balaban J connectivity index is 2.09. The van der Waals surface area contributed by atoms with Gasteiger partial charge in [-0.05, 0) is 43.6 Å². The zero-order valence-corrected chi connectivity index (χ0v) is 12.0. The van der Waals surface area contributed by atoms with Gasteiger partial charge in [-0.15, -0.1) is 0 Å². The van der Waals surface area contributed by atoms with E-state index < -0.39 is 0 Å². The summed E-state index contributed by atoms with van der Waals surface area (Å²) in [7, 11) is 0. The van der Waals surface area contributed by atoms with Gasteiger partial charge in [-0.2, -0.15) is 0 Å². The van der Waals surface area contributed by atoms with Crippen LogP contribution in [0.1, 0.15) is 59.3 Å². The lowest BCUT2D eigenvalue weighted by atomic mass is 9.73. The smallest absolute Gasteiger partial charge is 0.0382 e. The fourth-order valence-electron chi connectivity index (χ4n) is 4.35. The van der Waals surface area contributed by atoms with E-state index in [1.165, 1.54) is 51.6 Å². The molecule has 2 heteroatoms. The van der Waals surface area contributed by atoms with Crippen LogP contribution in [0.15, 0.2) is 0 Å². The van der Waals surface area contributed by atoms with Gasteiger partial charge in [0.2, 0.25) is 0 Å². The molecule has 1 heterocycles. The number of likely N-dealkylation sites (tertiary alicyclic amines) is 1. The molecule has 1 saturated heterocycles. The van der Waals surface area contributed by atoms with Gasteiger partial charge in [0.25, 0.3) is 0 Å². The minimum Gasteiger partial charge on any atom is -0.329 e. The summed E-state index contributed by atoms with van der Waals surface area (Å²) in [6, 6.07) is 0. The molecule has 1 saturated carbocycles. The van der Waals surface area contributed by atoms with Crippen molar-refractivity contribution in [3.63, 3.8) is 0 Å². The summed E-state index contributed by atoms with van der Waals surface area (Å²) in [6.45, 7) is 10.6. The Morgan fingerprint density at radius 2 is 2.06 bits per heavy atom. The van der Waals surface area contributed by atoms with Crippen LogP contribution in [0.25, 0.3) is 0 Å². The van der Waals surface area contributed by atoms with Crippen LogP contribution in [0.4, 0.5) is 0 Å². The lowest BCUT2D eigenvalue weighted by Crippen LogP contribution is -2.59. The van der Waals surface area contributed by atoms with E-state index in [1.54, 1.807) is 0 Å². The summed E-state index contributed by atoms with van der Waals surface area (Å²) in [5, 5.41) is 0. The van der Waals surface area contributed by atoms with Gasteiger partial charge in [0.05, 0.1) is 0 Å². The monoisotopic (exact) mass is 238 g/mol. The maximum atomic E-state index is 6.20. The van der Waals surface area contributed by atoms with Crippen molar-refractivity contribution in [3.8, 4) is 0 Å². The second-order valence-corrected chi connectivity index (χ2v) is 6.86. The van der Waals surface area contributed by atoms with E-state index in [4.69, 9.17) is 5.73 Å². The molecule has 2 aliphatic rings. The normalized spacial score (nSPS) is 37.8. The molecule has 2 unspecified atom stereocenters. The number of nitrogens with two attached hydrogens (primary N) is 1. The fraction of sp³-hybridized carbons (Fsp3) is 1.00. The molecule has 2 fully saturated rings. The van der Waals surface area contributed by atoms with Crippen molar-refractivity contribution < 1.29 is 0 Å². The molecule has 2 atom stereocenters. The molecule has 0 amide bonds. The minimum absolute atomic E-state index is 0.301. The van der Waals surface area contributed by atoms with Gasteiger partial charge in [-0.3, -0.25) is 4.90 Å². The van der Waals surface area contributed by atoms with Crippen LogP contribution in [0.2, 0.25) is 0 Å². The predicted molar refractivity (Wildman–Crippen MR) is 74.0 cm³/mol. The van der Waals surface area contributed by atoms with Gasteiger partial charge in [0.15, 0.2) is 0 Å². The Hall–Kier alpha value is -0.0800. The molecular weight excluding hydrogens is 208 g/mol. The zero-order valence-electron chi connectivity index (χ0n) is 12.0. The number of nitrogens with zero attached hydrogens (tertiary/aromatic N) is 1. The van der Waals surface area contributed by atoms with E-state index in [-0.39, 0.29) is 0 Å². The highest BCUT2D eigenvalue weighted by atomic mass is 15.2. The summed E-state index contributed by atoms with van der Waals surface area (Å²) < 4.78 is 0. The number of hydrogen-bond acceptors (Lipinski definition) is 2. The van der Waals surface area contributed by atoms with Crippen molar-refractivity contribution in [1.29, 1.82) is 0 Å². The van der Waals surface area contributed by atoms with E-state index in [9.17, 15) is 0 Å². The fourth-order valence-corrected chi connectivity index (χ4v) is 4.35. The van der Waals surface area contributed by atoms with Crippen LogP contribution in [-0.4, -0.2) is 30.1 Å². The number of hydrogen-bond donors (Lipinski definition) is 1. The Labute approximate surface area is 107 Å². The highest BCUT2D eigenvalue weighted by Gasteiger charge is 2.52. The molecule has 0 aromatic carbocycles. The second-order valence-electron chi connectivity index (χ2n) is 6.86. The molecule has 2 rings (SSSR count). The highest BCUT2D eigenvalue weighted by Crippen LogP contribution is 2.50. The molecule has 2 nitrogen and oxygen atoms in total. The zero-order chi connectivity index (χ0) is 12.5. The molecular formula is C15H30N2. The molecule has 2 N–H and O–H groups in total. The SMILES string of the molecule is CCCC1CCN(C2(CN)CCCC2(C)C)C1. The average Bonchev–Trinajstić information content (AvgIpc) is 2.84. The van der Waals surface area contributed by atoms with Gasteiger partial charge in [-0.25, -0.2) is 0 Å². The Kier molecular flexibility index (Phi) is 3.84. The van der Waals surface area contributed by atoms with Crippen LogP contribution in [0.5, 0.6) is 0 Å². The van der Waals surface area contributed by atoms with Crippen LogP contribution in [-0.2, 0) is 0 Å². The van der Waals surface area contributed by atoms with Crippen LogP contribution in [0, 0.1) is 11.3 Å². The molecule has 0 aromatic rings. The van der Waals surface area contributed by atoms with E-state index >= 15 is 0 Å². The van der Waals surface area contributed by atoms with Crippen LogP contribution >= 0.6 is 0 Å². The van der Waals surface area contributed by atoms with Crippen LogP contribution < -0.4 is 5.73 Å². The molecule has 100 valence electrons. The van der Waals surface area contributed by atoms with Gasteiger partial charge in [0.1, 0.15) is 0 Å². The van der Waals surface area contributed by atoms with E-state index in [2.05, 4.69) is 25.7 Å². The molecule has 0 spiro atoms. The predicted octanol–water partition coefficient (Wildman–Crippen LogP) is 3.02. The molecule has 0 radical (unpaired) electrons. The lowest BCUT2D eigenvalue weighted by Gasteiger charge is -2.48. The summed E-state index contributed by atoms with van der Waals surface area (Å²) in [6.07, 6.45) is 8.15. The topological polar surface area (TPSA) is 29.3 Å². The third-order valence-corrected chi connectivity index (χ3v) is 5.58. The van der Waals surface area contributed by atoms with Crippen molar-refractivity contribution in [1.82, 2.24) is 4.90 Å². The quantitative estimate of drug-likeness (QED) is 0.816. The van der Waals surface area contributed by atoms with Gasteiger partial charge < -0.3 is 5.73 Å². The molecule has 1 aliphatic carbocycles. The molecule has 0 aromatic heterocycles. The Morgan fingerprint density at radius 3 is 2.59 bits per heavy atom. The van der Waals surface area contributed by atoms with Crippen molar-refractivity contribution in [3.05, 3.63) is 0 Å². The van der Waals surface area contributed by atoms with E-state index in [0.29, 0.717) is 11.0 Å². The summed E-state index contributed by atoms with van der Waals surface area (Å²) in [4.78, 5) is 2.75. The maximum Gasteiger partial charge on any atom is 0.0382 e. The minimum atomic E-state index is 0.301. The maximum absolute atomic E-state index is 6.20. The van der Waals surface area contributed by atoms with Crippen molar-refractivity contribution >= 4 is 0 Å². The summed E-state index contributed by atoms with van der Waals surface area (Å²) >= 11 is 0. The Bertz CT molecular complexity index is 262. The third-order valence-electron chi connectivity index (χ3n) is 5.58. The number of rotatable bonds is 4. The molecule has 1 aliphatic heterocycles. The van der Waals surface area contributed by atoms with E-state index in [1.807, 2.05) is 0 Å². The van der Waals surface area contributed by atoms with Gasteiger partial charge in [0, 0.05) is 18.6 Å². The summed E-state index contributed by atoms with van der Waals surface area (Å²) in [5.74, 6) is 0.930. The van der Waals surface area contributed by atoms with Crippen molar-refractivity contribution in [2.75, 3.05) is 19.6 Å². The highest BCUT2D eigenvalue weighted by molar-refractivity contribution is 5.08.